The molecule has 1 fully saturated rings. The summed E-state index contributed by atoms with van der Waals surface area (Å²) in [5.41, 5.74) is 3.91. The van der Waals surface area contributed by atoms with Gasteiger partial charge in [-0.1, -0.05) is 35.9 Å². The van der Waals surface area contributed by atoms with Crippen LogP contribution in [0.3, 0.4) is 0 Å². The minimum atomic E-state index is -0.0656. The number of nitrogens with zero attached hydrogens (tertiary/aromatic N) is 4. The summed E-state index contributed by atoms with van der Waals surface area (Å²) in [7, 11) is 2.07. The lowest BCUT2D eigenvalue weighted by Crippen LogP contribution is -2.47. The standard InChI is InChI=1S/C26H30N4O4/c1-19-4-3-5-20(12-19)14-29(15-21-6-7-23-24(13-21)34-18-33-23)16-25-27-22(17-32-25)26(31)30-10-8-28(2)9-11-30/h3-7,12-13,17H,8-11,14-16,18H2,1-2H3. The fraction of sp³-hybridized carbons (Fsp3) is 0.385. The topological polar surface area (TPSA) is 71.3 Å². The first-order chi connectivity index (χ1) is 16.5. The molecule has 8 heteroatoms. The van der Waals surface area contributed by atoms with E-state index >= 15 is 0 Å². The average molecular weight is 463 g/mol. The second-order valence-corrected chi connectivity index (χ2v) is 9.04. The summed E-state index contributed by atoms with van der Waals surface area (Å²) >= 11 is 0. The zero-order valence-electron chi connectivity index (χ0n) is 19.7. The Kier molecular flexibility index (Phi) is 6.51. The van der Waals surface area contributed by atoms with Crippen LogP contribution in [0.5, 0.6) is 11.5 Å². The van der Waals surface area contributed by atoms with Gasteiger partial charge in [-0.2, -0.15) is 0 Å². The van der Waals surface area contributed by atoms with E-state index in [1.54, 1.807) is 0 Å². The number of ether oxygens (including phenoxy) is 2. The van der Waals surface area contributed by atoms with Crippen molar-refractivity contribution in [2.24, 2.45) is 0 Å². The smallest absolute Gasteiger partial charge is 0.275 e. The maximum absolute atomic E-state index is 12.9. The van der Waals surface area contributed by atoms with Crippen molar-refractivity contribution in [3.05, 3.63) is 77.0 Å². The first kappa shape index (κ1) is 22.4. The maximum atomic E-state index is 12.9. The lowest BCUT2D eigenvalue weighted by Gasteiger charge is -2.31. The van der Waals surface area contributed by atoms with Gasteiger partial charge in [0, 0.05) is 39.3 Å². The highest BCUT2D eigenvalue weighted by Crippen LogP contribution is 2.33. The van der Waals surface area contributed by atoms with Crippen LogP contribution in [0.4, 0.5) is 0 Å². The van der Waals surface area contributed by atoms with E-state index in [-0.39, 0.29) is 12.7 Å². The van der Waals surface area contributed by atoms with Crippen molar-refractivity contribution in [1.82, 2.24) is 19.7 Å². The Morgan fingerprint density at radius 2 is 1.74 bits per heavy atom. The summed E-state index contributed by atoms with van der Waals surface area (Å²) in [4.78, 5) is 23.7. The van der Waals surface area contributed by atoms with E-state index in [2.05, 4.69) is 59.1 Å². The predicted octanol–water partition coefficient (Wildman–Crippen LogP) is 3.30. The molecule has 0 aliphatic carbocycles. The number of likely N-dealkylation sites (N-methyl/N-ethyl adjacent to an activating group) is 1. The predicted molar refractivity (Wildman–Crippen MR) is 127 cm³/mol. The van der Waals surface area contributed by atoms with Crippen LogP contribution in [0.25, 0.3) is 0 Å². The molecule has 1 aromatic heterocycles. The van der Waals surface area contributed by atoms with Crippen LogP contribution < -0.4 is 9.47 Å². The molecule has 0 spiro atoms. The van der Waals surface area contributed by atoms with E-state index in [0.717, 1.165) is 36.7 Å². The van der Waals surface area contributed by atoms with Gasteiger partial charge in [-0.05, 0) is 37.2 Å². The molecule has 1 amide bonds. The van der Waals surface area contributed by atoms with E-state index in [9.17, 15) is 4.79 Å². The summed E-state index contributed by atoms with van der Waals surface area (Å²) in [5, 5.41) is 0. The second-order valence-electron chi connectivity index (χ2n) is 9.04. The van der Waals surface area contributed by atoms with E-state index in [1.165, 1.54) is 17.4 Å². The summed E-state index contributed by atoms with van der Waals surface area (Å²) in [6.07, 6.45) is 1.49. The third-order valence-corrected chi connectivity index (χ3v) is 6.25. The molecule has 3 aromatic rings. The lowest BCUT2D eigenvalue weighted by molar-refractivity contribution is 0.0658. The number of fused-ring (bicyclic) bond motifs is 1. The van der Waals surface area contributed by atoms with Crippen LogP contribution in [0.2, 0.25) is 0 Å². The van der Waals surface area contributed by atoms with Crippen molar-refractivity contribution in [2.45, 2.75) is 26.6 Å². The number of oxazole rings is 1. The molecule has 2 aliphatic heterocycles. The molecule has 178 valence electrons. The average Bonchev–Trinajstić information content (AvgIpc) is 3.48. The van der Waals surface area contributed by atoms with Gasteiger partial charge in [-0.15, -0.1) is 0 Å². The molecule has 0 saturated carbocycles. The molecule has 0 atom stereocenters. The monoisotopic (exact) mass is 462 g/mol. The fourth-order valence-corrected chi connectivity index (χ4v) is 4.38. The number of carbonyl (C=O) groups excluding carboxylic acids is 1. The van der Waals surface area contributed by atoms with Gasteiger partial charge in [-0.3, -0.25) is 9.69 Å². The number of hydrogen-bond acceptors (Lipinski definition) is 7. The molecule has 0 bridgehead atoms. The maximum Gasteiger partial charge on any atom is 0.275 e. The number of aromatic nitrogens is 1. The summed E-state index contributed by atoms with van der Waals surface area (Å²) < 4.78 is 16.7. The molecule has 1 saturated heterocycles. The molecule has 2 aromatic carbocycles. The molecule has 3 heterocycles. The van der Waals surface area contributed by atoms with Gasteiger partial charge in [0.2, 0.25) is 12.7 Å². The van der Waals surface area contributed by atoms with E-state index < -0.39 is 0 Å². The van der Waals surface area contributed by atoms with Crippen molar-refractivity contribution in [3.63, 3.8) is 0 Å². The van der Waals surface area contributed by atoms with Gasteiger partial charge in [-0.25, -0.2) is 4.98 Å². The summed E-state index contributed by atoms with van der Waals surface area (Å²) in [6.45, 7) is 7.39. The normalized spacial score (nSPS) is 15.8. The molecule has 2 aliphatic rings. The quantitative estimate of drug-likeness (QED) is 0.534. The van der Waals surface area contributed by atoms with Gasteiger partial charge in [0.15, 0.2) is 17.2 Å². The Hall–Kier alpha value is -3.36. The Balaban J connectivity index is 1.31. The van der Waals surface area contributed by atoms with E-state index in [4.69, 9.17) is 13.9 Å². The Morgan fingerprint density at radius 1 is 0.971 bits per heavy atom. The third kappa shape index (κ3) is 5.24. The summed E-state index contributed by atoms with van der Waals surface area (Å²) in [5.74, 6) is 2.01. The number of benzene rings is 2. The lowest BCUT2D eigenvalue weighted by atomic mass is 10.1. The van der Waals surface area contributed by atoms with Crippen LogP contribution in [-0.4, -0.2) is 65.6 Å². The SMILES string of the molecule is Cc1cccc(CN(Cc2ccc3c(c2)OCO3)Cc2nc(C(=O)N3CCN(C)CC3)co2)c1. The first-order valence-electron chi connectivity index (χ1n) is 11.6. The van der Waals surface area contributed by atoms with Crippen LogP contribution in [0.1, 0.15) is 33.1 Å². The second kappa shape index (κ2) is 9.87. The van der Waals surface area contributed by atoms with E-state index in [1.807, 2.05) is 17.0 Å². The molecule has 34 heavy (non-hydrogen) atoms. The molecular formula is C26H30N4O4. The molecular weight excluding hydrogens is 432 g/mol. The highest BCUT2D eigenvalue weighted by molar-refractivity contribution is 5.92. The fourth-order valence-electron chi connectivity index (χ4n) is 4.38. The van der Waals surface area contributed by atoms with Crippen LogP contribution in [0.15, 0.2) is 53.1 Å². The molecule has 5 rings (SSSR count). The Labute approximate surface area is 199 Å². The molecule has 0 N–H and O–H groups in total. The largest absolute Gasteiger partial charge is 0.454 e. The van der Waals surface area contributed by atoms with Gasteiger partial charge in [0.05, 0.1) is 6.54 Å². The zero-order valence-corrected chi connectivity index (χ0v) is 19.7. The molecule has 0 unspecified atom stereocenters. The van der Waals surface area contributed by atoms with Gasteiger partial charge in [0.25, 0.3) is 5.91 Å². The number of piperazine rings is 1. The number of amides is 1. The third-order valence-electron chi connectivity index (χ3n) is 6.25. The van der Waals surface area contributed by atoms with E-state index in [0.29, 0.717) is 37.8 Å². The number of hydrogen-bond donors (Lipinski definition) is 0. The van der Waals surface area contributed by atoms with Crippen molar-refractivity contribution in [2.75, 3.05) is 40.0 Å². The Morgan fingerprint density at radius 3 is 2.53 bits per heavy atom. The van der Waals surface area contributed by atoms with Crippen molar-refractivity contribution in [1.29, 1.82) is 0 Å². The van der Waals surface area contributed by atoms with Crippen LogP contribution in [-0.2, 0) is 19.6 Å². The number of carbonyl (C=O) groups is 1. The van der Waals surface area contributed by atoms with Crippen LogP contribution >= 0.6 is 0 Å². The number of rotatable bonds is 7. The van der Waals surface area contributed by atoms with Gasteiger partial charge >= 0.3 is 0 Å². The van der Waals surface area contributed by atoms with Crippen LogP contribution in [0, 0.1) is 6.92 Å². The highest BCUT2D eigenvalue weighted by Gasteiger charge is 2.24. The van der Waals surface area contributed by atoms with Crippen molar-refractivity contribution >= 4 is 5.91 Å². The first-order valence-corrected chi connectivity index (χ1v) is 11.6. The molecule has 0 radical (unpaired) electrons. The zero-order chi connectivity index (χ0) is 23.5. The van der Waals surface area contributed by atoms with Gasteiger partial charge < -0.3 is 23.7 Å². The minimum Gasteiger partial charge on any atom is -0.454 e. The summed E-state index contributed by atoms with van der Waals surface area (Å²) in [6, 6.07) is 14.5. The Bertz CT molecular complexity index is 1150. The highest BCUT2D eigenvalue weighted by atomic mass is 16.7. The van der Waals surface area contributed by atoms with Crippen molar-refractivity contribution in [3.8, 4) is 11.5 Å². The van der Waals surface area contributed by atoms with Crippen molar-refractivity contribution < 1.29 is 18.7 Å². The molecule has 8 nitrogen and oxygen atoms in total. The number of aryl methyl sites for hydroxylation is 1. The van der Waals surface area contributed by atoms with Gasteiger partial charge in [0.1, 0.15) is 6.26 Å². The minimum absolute atomic E-state index is 0.0656.